The van der Waals surface area contributed by atoms with Crippen LogP contribution in [0.2, 0.25) is 0 Å². The van der Waals surface area contributed by atoms with Gasteiger partial charge in [-0.15, -0.1) is 0 Å². The van der Waals surface area contributed by atoms with E-state index in [9.17, 15) is 14.4 Å². The van der Waals surface area contributed by atoms with E-state index in [0.717, 1.165) is 5.56 Å². The zero-order valence-electron chi connectivity index (χ0n) is 11.7. The minimum atomic E-state index is -0.980. The van der Waals surface area contributed by atoms with Crippen LogP contribution in [0.15, 0.2) is 24.3 Å². The van der Waals surface area contributed by atoms with Crippen LogP contribution in [-0.2, 0) is 20.7 Å². The second-order valence-electron chi connectivity index (χ2n) is 4.21. The highest BCUT2D eigenvalue weighted by Gasteiger charge is 2.06. The molecular weight excluding hydrogens is 276 g/mol. The predicted molar refractivity (Wildman–Crippen MR) is 76.1 cm³/mol. The molecule has 0 aliphatic heterocycles. The van der Waals surface area contributed by atoms with Gasteiger partial charge in [0, 0.05) is 12.2 Å². The van der Waals surface area contributed by atoms with E-state index in [1.807, 2.05) is 0 Å². The molecule has 2 amide bonds. The van der Waals surface area contributed by atoms with Crippen molar-refractivity contribution in [2.75, 3.05) is 18.5 Å². The second kappa shape index (κ2) is 8.57. The summed E-state index contributed by atoms with van der Waals surface area (Å²) >= 11 is 0. The standard InChI is InChI=1S/C14H18N2O5/c1-2-21-13(19)9-10-4-3-5-11(8-10)16-14(20)15-7-6-12(17)18/h3-5,8H,2,6-7,9H2,1H3,(H,17,18)(H2,15,16,20). The second-order valence-corrected chi connectivity index (χ2v) is 4.21. The first-order valence-electron chi connectivity index (χ1n) is 6.52. The topological polar surface area (TPSA) is 105 Å². The number of ether oxygens (including phenoxy) is 1. The number of nitrogens with one attached hydrogen (secondary N) is 2. The maximum Gasteiger partial charge on any atom is 0.319 e. The van der Waals surface area contributed by atoms with Gasteiger partial charge in [0.2, 0.25) is 0 Å². The summed E-state index contributed by atoms with van der Waals surface area (Å²) in [6.07, 6.45) is -0.0136. The maximum absolute atomic E-state index is 11.5. The number of carboxylic acid groups (broad SMARTS) is 1. The van der Waals surface area contributed by atoms with Gasteiger partial charge in [-0.2, -0.15) is 0 Å². The van der Waals surface area contributed by atoms with Gasteiger partial charge in [0.15, 0.2) is 0 Å². The number of hydrogen-bond acceptors (Lipinski definition) is 4. The molecule has 0 aromatic heterocycles. The first kappa shape index (κ1) is 16.5. The third-order valence-electron chi connectivity index (χ3n) is 2.46. The number of carbonyl (C=O) groups is 3. The zero-order chi connectivity index (χ0) is 15.7. The lowest BCUT2D eigenvalue weighted by Gasteiger charge is -2.08. The first-order valence-corrected chi connectivity index (χ1v) is 6.52. The molecular formula is C14H18N2O5. The number of rotatable bonds is 7. The van der Waals surface area contributed by atoms with Gasteiger partial charge in [-0.1, -0.05) is 12.1 Å². The van der Waals surface area contributed by atoms with Crippen molar-refractivity contribution in [2.24, 2.45) is 0 Å². The van der Waals surface area contributed by atoms with E-state index in [1.165, 1.54) is 0 Å². The van der Waals surface area contributed by atoms with Gasteiger partial charge in [0.1, 0.15) is 0 Å². The van der Waals surface area contributed by atoms with Crippen molar-refractivity contribution in [3.8, 4) is 0 Å². The molecule has 0 fully saturated rings. The molecule has 0 aliphatic rings. The van der Waals surface area contributed by atoms with Crippen molar-refractivity contribution in [3.05, 3.63) is 29.8 Å². The quantitative estimate of drug-likeness (QED) is 0.659. The Morgan fingerprint density at radius 1 is 1.29 bits per heavy atom. The Hall–Kier alpha value is -2.57. The van der Waals surface area contributed by atoms with Crippen LogP contribution in [0.25, 0.3) is 0 Å². The fourth-order valence-corrected chi connectivity index (χ4v) is 1.60. The molecule has 0 unspecified atom stereocenters. The van der Waals surface area contributed by atoms with Crippen LogP contribution < -0.4 is 10.6 Å². The van der Waals surface area contributed by atoms with E-state index in [1.54, 1.807) is 31.2 Å². The van der Waals surface area contributed by atoms with Gasteiger partial charge in [-0.3, -0.25) is 9.59 Å². The number of amides is 2. The van der Waals surface area contributed by atoms with Crippen LogP contribution in [0.3, 0.4) is 0 Å². The fourth-order valence-electron chi connectivity index (χ4n) is 1.60. The summed E-state index contributed by atoms with van der Waals surface area (Å²) in [6.45, 7) is 2.10. The summed E-state index contributed by atoms with van der Waals surface area (Å²) in [4.78, 5) is 33.2. The van der Waals surface area contributed by atoms with Crippen LogP contribution in [-0.4, -0.2) is 36.2 Å². The molecule has 0 heterocycles. The molecule has 3 N–H and O–H groups in total. The summed E-state index contributed by atoms with van der Waals surface area (Å²) in [5, 5.41) is 13.5. The molecule has 7 nitrogen and oxygen atoms in total. The molecule has 0 radical (unpaired) electrons. The number of benzene rings is 1. The number of anilines is 1. The SMILES string of the molecule is CCOC(=O)Cc1cccc(NC(=O)NCCC(=O)O)c1. The lowest BCUT2D eigenvalue weighted by atomic mass is 10.1. The van der Waals surface area contributed by atoms with E-state index >= 15 is 0 Å². The van der Waals surface area contributed by atoms with Crippen LogP contribution in [0.5, 0.6) is 0 Å². The zero-order valence-corrected chi connectivity index (χ0v) is 11.7. The highest BCUT2D eigenvalue weighted by atomic mass is 16.5. The molecule has 0 spiro atoms. The van der Waals surface area contributed by atoms with Crippen LogP contribution in [0.4, 0.5) is 10.5 Å². The number of carbonyl (C=O) groups excluding carboxylic acids is 2. The maximum atomic E-state index is 11.5. The van der Waals surface area contributed by atoms with Crippen molar-refractivity contribution >= 4 is 23.7 Å². The van der Waals surface area contributed by atoms with E-state index in [0.29, 0.717) is 12.3 Å². The summed E-state index contributed by atoms with van der Waals surface area (Å²) in [7, 11) is 0. The smallest absolute Gasteiger partial charge is 0.319 e. The van der Waals surface area contributed by atoms with Gasteiger partial charge in [-0.05, 0) is 24.6 Å². The van der Waals surface area contributed by atoms with Crippen molar-refractivity contribution in [3.63, 3.8) is 0 Å². The molecule has 0 bridgehead atoms. The number of hydrogen-bond donors (Lipinski definition) is 3. The fraction of sp³-hybridized carbons (Fsp3) is 0.357. The molecule has 1 aromatic carbocycles. The van der Waals surface area contributed by atoms with Gasteiger partial charge < -0.3 is 20.5 Å². The first-order chi connectivity index (χ1) is 10.0. The Bertz CT molecular complexity index is 516. The highest BCUT2D eigenvalue weighted by molar-refractivity contribution is 5.89. The lowest BCUT2D eigenvalue weighted by Crippen LogP contribution is -2.30. The highest BCUT2D eigenvalue weighted by Crippen LogP contribution is 2.11. The largest absolute Gasteiger partial charge is 0.481 e. The molecule has 7 heteroatoms. The van der Waals surface area contributed by atoms with Gasteiger partial charge in [0.05, 0.1) is 19.4 Å². The number of urea groups is 1. The minimum Gasteiger partial charge on any atom is -0.481 e. The van der Waals surface area contributed by atoms with Crippen LogP contribution >= 0.6 is 0 Å². The summed E-state index contributed by atoms with van der Waals surface area (Å²) in [5.41, 5.74) is 1.24. The van der Waals surface area contributed by atoms with E-state index in [-0.39, 0.29) is 25.4 Å². The van der Waals surface area contributed by atoms with Gasteiger partial charge in [0.25, 0.3) is 0 Å². The van der Waals surface area contributed by atoms with Crippen molar-refractivity contribution in [1.29, 1.82) is 0 Å². The van der Waals surface area contributed by atoms with Crippen molar-refractivity contribution in [1.82, 2.24) is 5.32 Å². The third-order valence-corrected chi connectivity index (χ3v) is 2.46. The van der Waals surface area contributed by atoms with Crippen LogP contribution in [0, 0.1) is 0 Å². The van der Waals surface area contributed by atoms with Crippen molar-refractivity contribution < 1.29 is 24.2 Å². The molecule has 1 aromatic rings. The number of aliphatic carboxylic acids is 1. The molecule has 0 aliphatic carbocycles. The van der Waals surface area contributed by atoms with Gasteiger partial charge >= 0.3 is 18.0 Å². The minimum absolute atomic E-state index is 0.0453. The molecule has 1 rings (SSSR count). The number of esters is 1. The molecule has 21 heavy (non-hydrogen) atoms. The Morgan fingerprint density at radius 2 is 2.05 bits per heavy atom. The molecule has 0 saturated carbocycles. The molecule has 0 atom stereocenters. The Kier molecular flexibility index (Phi) is 6.73. The average molecular weight is 294 g/mol. The van der Waals surface area contributed by atoms with Gasteiger partial charge in [-0.25, -0.2) is 4.79 Å². The van der Waals surface area contributed by atoms with E-state index in [4.69, 9.17) is 9.84 Å². The van der Waals surface area contributed by atoms with E-state index in [2.05, 4.69) is 10.6 Å². The Morgan fingerprint density at radius 3 is 2.71 bits per heavy atom. The third kappa shape index (κ3) is 6.95. The predicted octanol–water partition coefficient (Wildman–Crippen LogP) is 1.39. The number of carboxylic acids is 1. The monoisotopic (exact) mass is 294 g/mol. The molecule has 0 saturated heterocycles. The van der Waals surface area contributed by atoms with Crippen LogP contribution in [0.1, 0.15) is 18.9 Å². The average Bonchev–Trinajstić information content (AvgIpc) is 2.38. The summed E-state index contributed by atoms with van der Waals surface area (Å²) in [5.74, 6) is -1.31. The van der Waals surface area contributed by atoms with Crippen molar-refractivity contribution in [2.45, 2.75) is 19.8 Å². The Balaban J connectivity index is 2.50. The Labute approximate surface area is 122 Å². The normalized spacial score (nSPS) is 9.76. The molecule has 114 valence electrons. The lowest BCUT2D eigenvalue weighted by molar-refractivity contribution is -0.142. The van der Waals surface area contributed by atoms with E-state index < -0.39 is 12.0 Å². The summed E-state index contributed by atoms with van der Waals surface area (Å²) < 4.78 is 4.85. The summed E-state index contributed by atoms with van der Waals surface area (Å²) in [6, 6.07) is 6.30.